The molecule has 0 radical (unpaired) electrons. The Labute approximate surface area is 339 Å². The van der Waals surface area contributed by atoms with E-state index in [1.165, 1.54) is 57.8 Å². The average molecular weight is 812 g/mol. The Hall–Kier alpha value is -2.14. The molecule has 0 amide bonds. The molecule has 56 heavy (non-hydrogen) atoms. The second-order valence-corrected chi connectivity index (χ2v) is 17.8. The number of unbranched alkanes of at least 4 members (excludes halogenated alkanes) is 15. The number of quaternary nitrogens is 1. The van der Waals surface area contributed by atoms with Crippen LogP contribution in [-0.4, -0.2) is 87.0 Å². The third kappa shape index (κ3) is 29.1. The zero-order chi connectivity index (χ0) is 41.5. The highest BCUT2D eigenvalue weighted by atomic mass is 31.2. The van der Waals surface area contributed by atoms with Gasteiger partial charge in [-0.05, 0) is 44.1 Å². The summed E-state index contributed by atoms with van der Waals surface area (Å²) in [4.78, 5) is 50.0. The monoisotopic (exact) mass is 812 g/mol. The second kappa shape index (κ2) is 31.8. The summed E-state index contributed by atoms with van der Waals surface area (Å²) in [5, 5.41) is 10.2. The molecular weight excluding hydrogens is 733 g/mol. The highest BCUT2D eigenvalue weighted by Gasteiger charge is 2.27. The number of phosphoric ester groups is 1. The van der Waals surface area contributed by atoms with E-state index < -0.39 is 38.6 Å². The number of allylic oxidation sites excluding steroid dienone is 5. The van der Waals surface area contributed by atoms with Crippen molar-refractivity contribution in [3.63, 3.8) is 0 Å². The Balaban J connectivity index is 2.49. The number of hydrogen-bond acceptors (Lipinski definition) is 10. The summed E-state index contributed by atoms with van der Waals surface area (Å²) in [5.41, 5.74) is 0. The summed E-state index contributed by atoms with van der Waals surface area (Å²) in [6.45, 7) is 3.89. The van der Waals surface area contributed by atoms with Crippen LogP contribution in [0.2, 0.25) is 0 Å². The molecule has 12 heteroatoms. The van der Waals surface area contributed by atoms with E-state index in [9.17, 15) is 28.9 Å². The van der Waals surface area contributed by atoms with Gasteiger partial charge in [-0.15, -0.1) is 0 Å². The summed E-state index contributed by atoms with van der Waals surface area (Å²) in [7, 11) is 1.04. The zero-order valence-corrected chi connectivity index (χ0v) is 36.6. The molecule has 1 aliphatic carbocycles. The molecule has 1 N–H and O–H groups in total. The van der Waals surface area contributed by atoms with Crippen molar-refractivity contribution >= 4 is 25.5 Å². The van der Waals surface area contributed by atoms with Crippen molar-refractivity contribution in [2.45, 2.75) is 167 Å². The molecule has 0 aliphatic heterocycles. The molecule has 0 aromatic carbocycles. The van der Waals surface area contributed by atoms with Gasteiger partial charge in [-0.3, -0.25) is 18.9 Å². The fourth-order valence-electron chi connectivity index (χ4n) is 6.35. The fraction of sp³-hybridized carbons (Fsp3) is 0.795. The quantitative estimate of drug-likeness (QED) is 0.0214. The number of esters is 2. The van der Waals surface area contributed by atoms with Crippen LogP contribution in [0.25, 0.3) is 0 Å². The number of phosphoric acid groups is 1. The Kier molecular flexibility index (Phi) is 29.5. The Morgan fingerprint density at radius 3 is 2.04 bits per heavy atom. The summed E-state index contributed by atoms with van der Waals surface area (Å²) in [5.74, 6) is -1.22. The molecule has 0 bridgehead atoms. The molecule has 1 rings (SSSR count). The number of ether oxygens (including phenoxy) is 2. The van der Waals surface area contributed by atoms with Gasteiger partial charge < -0.3 is 33.0 Å². The summed E-state index contributed by atoms with van der Waals surface area (Å²) in [6.07, 6.45) is 30.8. The van der Waals surface area contributed by atoms with Gasteiger partial charge in [0.1, 0.15) is 19.8 Å². The van der Waals surface area contributed by atoms with Crippen molar-refractivity contribution < 1.29 is 52.0 Å². The van der Waals surface area contributed by atoms with Crippen molar-refractivity contribution in [1.29, 1.82) is 0 Å². The largest absolute Gasteiger partial charge is 0.756 e. The van der Waals surface area contributed by atoms with Crippen LogP contribution in [-0.2, 0) is 37.5 Å². The molecule has 0 spiro atoms. The number of nitrogens with zero attached hydrogens (tertiary/aromatic N) is 1. The van der Waals surface area contributed by atoms with Gasteiger partial charge in [0.25, 0.3) is 7.82 Å². The average Bonchev–Trinajstić information content (AvgIpc) is 3.49. The van der Waals surface area contributed by atoms with Crippen LogP contribution in [0.4, 0.5) is 0 Å². The first kappa shape index (κ1) is 51.9. The molecule has 0 fully saturated rings. The van der Waals surface area contributed by atoms with Gasteiger partial charge in [-0.2, -0.15) is 0 Å². The van der Waals surface area contributed by atoms with Gasteiger partial charge in [0.05, 0.1) is 33.9 Å². The third-order valence-electron chi connectivity index (χ3n) is 9.91. The summed E-state index contributed by atoms with van der Waals surface area (Å²) >= 11 is 0. The Morgan fingerprint density at radius 1 is 0.821 bits per heavy atom. The molecule has 1 aliphatic rings. The maximum Gasteiger partial charge on any atom is 0.306 e. The molecule has 0 aromatic rings. The Bertz CT molecular complexity index is 1200. The molecule has 1 unspecified atom stereocenters. The number of likely N-dealkylation sites (N-methyl/N-ethyl adjacent to an activating group) is 1. The SMILES string of the molecule is CCCCCCCCCCCCCCCC(=O)OC[C@H](COP(=O)([O-])OCC[N+](C)(C)C)OC(=O)CCC/C=C\C[C@H]1C=CC(=O)[C@@H]1/C=C/[C@@H](O)CCCCC. The van der Waals surface area contributed by atoms with E-state index in [2.05, 4.69) is 13.8 Å². The highest BCUT2D eigenvalue weighted by molar-refractivity contribution is 7.45. The number of carbonyl (C=O) groups excluding carboxylic acids is 3. The highest BCUT2D eigenvalue weighted by Crippen LogP contribution is 2.38. The van der Waals surface area contributed by atoms with E-state index in [1.54, 1.807) is 12.2 Å². The minimum atomic E-state index is -4.68. The lowest BCUT2D eigenvalue weighted by Crippen LogP contribution is -2.37. The second-order valence-electron chi connectivity index (χ2n) is 16.4. The molecule has 0 saturated heterocycles. The lowest BCUT2D eigenvalue weighted by atomic mass is 9.90. The lowest BCUT2D eigenvalue weighted by molar-refractivity contribution is -0.870. The molecule has 324 valence electrons. The summed E-state index contributed by atoms with van der Waals surface area (Å²) in [6, 6.07) is 0. The number of aliphatic hydroxyl groups excluding tert-OH is 1. The van der Waals surface area contributed by atoms with Crippen molar-refractivity contribution in [1.82, 2.24) is 0 Å². The minimum absolute atomic E-state index is 0.0179. The summed E-state index contributed by atoms with van der Waals surface area (Å²) < 4.78 is 33.8. The normalized spacial score (nSPS) is 18.2. The number of rotatable bonds is 36. The molecule has 5 atom stereocenters. The van der Waals surface area contributed by atoms with Gasteiger partial charge in [0, 0.05) is 18.8 Å². The van der Waals surface area contributed by atoms with Crippen LogP contribution >= 0.6 is 7.82 Å². The molecule has 0 aromatic heterocycles. The van der Waals surface area contributed by atoms with Gasteiger partial charge in [-0.1, -0.05) is 141 Å². The van der Waals surface area contributed by atoms with E-state index in [0.717, 1.165) is 38.5 Å². The van der Waals surface area contributed by atoms with Crippen LogP contribution < -0.4 is 4.89 Å². The molecular formula is C44H78NO10P. The van der Waals surface area contributed by atoms with E-state index in [-0.39, 0.29) is 43.7 Å². The molecule has 11 nitrogen and oxygen atoms in total. The van der Waals surface area contributed by atoms with Crippen LogP contribution in [0.5, 0.6) is 0 Å². The van der Waals surface area contributed by atoms with E-state index in [4.69, 9.17) is 18.5 Å². The number of ketones is 1. The van der Waals surface area contributed by atoms with Crippen molar-refractivity contribution in [2.75, 3.05) is 47.5 Å². The standard InChI is InChI=1S/C44H78NO10P/c1-6-8-10-11-12-13-14-15-16-17-18-19-24-28-43(48)52-36-40(37-54-56(50,51)53-35-34-45(3,4)5)55-44(49)29-25-21-20-23-26-38-30-33-42(47)41(38)32-31-39(46)27-22-9-7-2/h20,23,30-33,38-41,46H,6-19,21-22,24-29,34-37H2,1-5H3/b23-20-,32-31+/t38-,39-,40+,41+/m0/s1. The first-order chi connectivity index (χ1) is 26.8. The third-order valence-corrected chi connectivity index (χ3v) is 10.9. The van der Waals surface area contributed by atoms with Gasteiger partial charge >= 0.3 is 11.9 Å². The number of carbonyl (C=O) groups is 3. The zero-order valence-electron chi connectivity index (χ0n) is 35.7. The van der Waals surface area contributed by atoms with Crippen LogP contribution in [0, 0.1) is 11.8 Å². The van der Waals surface area contributed by atoms with Crippen molar-refractivity contribution in [3.8, 4) is 0 Å². The van der Waals surface area contributed by atoms with Crippen LogP contribution in [0.1, 0.15) is 155 Å². The predicted octanol–water partition coefficient (Wildman–Crippen LogP) is 9.12. The van der Waals surface area contributed by atoms with Crippen molar-refractivity contribution in [3.05, 3.63) is 36.5 Å². The Morgan fingerprint density at radius 2 is 1.41 bits per heavy atom. The van der Waals surface area contributed by atoms with Gasteiger partial charge in [0.15, 0.2) is 11.9 Å². The minimum Gasteiger partial charge on any atom is -0.756 e. The predicted molar refractivity (Wildman–Crippen MR) is 222 cm³/mol. The first-order valence-corrected chi connectivity index (χ1v) is 23.2. The smallest absolute Gasteiger partial charge is 0.306 e. The van der Waals surface area contributed by atoms with Crippen LogP contribution in [0.15, 0.2) is 36.5 Å². The van der Waals surface area contributed by atoms with E-state index in [1.807, 2.05) is 45.4 Å². The van der Waals surface area contributed by atoms with Gasteiger partial charge in [0.2, 0.25) is 0 Å². The fourth-order valence-corrected chi connectivity index (χ4v) is 7.08. The van der Waals surface area contributed by atoms with Crippen molar-refractivity contribution in [2.24, 2.45) is 11.8 Å². The maximum atomic E-state index is 12.7. The first-order valence-electron chi connectivity index (χ1n) is 21.8. The number of hydrogen-bond donors (Lipinski definition) is 1. The molecule has 0 saturated carbocycles. The molecule has 0 heterocycles. The maximum absolute atomic E-state index is 12.7. The van der Waals surface area contributed by atoms with Gasteiger partial charge in [-0.25, -0.2) is 0 Å². The lowest BCUT2D eigenvalue weighted by Gasteiger charge is -2.28. The van der Waals surface area contributed by atoms with Crippen LogP contribution in [0.3, 0.4) is 0 Å². The topological polar surface area (TPSA) is 148 Å². The van der Waals surface area contributed by atoms with E-state index >= 15 is 0 Å². The van der Waals surface area contributed by atoms with E-state index in [0.29, 0.717) is 43.1 Å². The number of aliphatic hydroxyl groups is 1.